The Morgan fingerprint density at radius 1 is 0.833 bits per heavy atom. The zero-order valence-corrected chi connectivity index (χ0v) is 21.3. The number of nitrogens with zero attached hydrogens (tertiary/aromatic N) is 4. The van der Waals surface area contributed by atoms with Crippen LogP contribution in [0.5, 0.6) is 0 Å². The molecule has 0 spiro atoms. The van der Waals surface area contributed by atoms with Gasteiger partial charge in [-0.25, -0.2) is 4.79 Å². The first-order valence-electron chi connectivity index (χ1n) is 12.0. The minimum atomic E-state index is -0.192. The van der Waals surface area contributed by atoms with Crippen LogP contribution in [0.25, 0.3) is 11.3 Å². The number of carbonyl (C=O) groups is 1. The van der Waals surface area contributed by atoms with Gasteiger partial charge in [0.25, 0.3) is 0 Å². The zero-order valence-electron chi connectivity index (χ0n) is 19.8. The average molecular weight is 520 g/mol. The Hall–Kier alpha value is -3.48. The van der Waals surface area contributed by atoms with Crippen LogP contribution in [0.15, 0.2) is 85.1 Å². The quantitative estimate of drug-likeness (QED) is 0.318. The fourth-order valence-corrected chi connectivity index (χ4v) is 4.83. The van der Waals surface area contributed by atoms with Crippen LogP contribution in [0.4, 0.5) is 16.2 Å². The van der Waals surface area contributed by atoms with Crippen molar-refractivity contribution in [2.45, 2.75) is 13.0 Å². The van der Waals surface area contributed by atoms with Crippen molar-refractivity contribution in [2.75, 3.05) is 36.4 Å². The number of hydrogen-bond donors (Lipinski definition) is 1. The molecule has 1 aliphatic heterocycles. The lowest BCUT2D eigenvalue weighted by Gasteiger charge is -2.36. The third-order valence-corrected chi connectivity index (χ3v) is 7.03. The number of anilines is 2. The van der Waals surface area contributed by atoms with Crippen molar-refractivity contribution >= 4 is 40.6 Å². The van der Waals surface area contributed by atoms with Crippen molar-refractivity contribution in [3.63, 3.8) is 0 Å². The van der Waals surface area contributed by atoms with Gasteiger partial charge in [-0.05, 0) is 42.3 Å². The maximum absolute atomic E-state index is 12.7. The minimum absolute atomic E-state index is 0.192. The molecule has 0 bridgehead atoms. The lowest BCUT2D eigenvalue weighted by atomic mass is 10.1. The maximum atomic E-state index is 12.7. The van der Waals surface area contributed by atoms with E-state index < -0.39 is 0 Å². The Labute approximate surface area is 221 Å². The molecule has 36 heavy (non-hydrogen) atoms. The third-order valence-electron chi connectivity index (χ3n) is 6.40. The fourth-order valence-electron chi connectivity index (χ4n) is 4.34. The Balaban J connectivity index is 1.14. The van der Waals surface area contributed by atoms with Gasteiger partial charge < -0.3 is 15.1 Å². The van der Waals surface area contributed by atoms with Crippen molar-refractivity contribution in [2.24, 2.45) is 0 Å². The predicted molar refractivity (Wildman–Crippen MR) is 147 cm³/mol. The predicted octanol–water partition coefficient (Wildman–Crippen LogP) is 6.45. The summed E-state index contributed by atoms with van der Waals surface area (Å²) in [5, 5.41) is 8.44. The normalized spacial score (nSPS) is 13.6. The summed E-state index contributed by atoms with van der Waals surface area (Å²) in [5.41, 5.74) is 4.95. The van der Waals surface area contributed by atoms with E-state index >= 15 is 0 Å². The van der Waals surface area contributed by atoms with E-state index in [0.717, 1.165) is 43.0 Å². The van der Waals surface area contributed by atoms with E-state index in [1.54, 1.807) is 23.1 Å². The molecular formula is C28H27Cl2N5O. The Kier molecular flexibility index (Phi) is 7.44. The topological polar surface area (TPSA) is 53.4 Å². The van der Waals surface area contributed by atoms with Gasteiger partial charge in [-0.3, -0.25) is 4.68 Å². The summed E-state index contributed by atoms with van der Waals surface area (Å²) in [4.78, 5) is 16.8. The number of rotatable bonds is 6. The first-order valence-corrected chi connectivity index (χ1v) is 12.7. The smallest absolute Gasteiger partial charge is 0.322 e. The Morgan fingerprint density at radius 2 is 1.53 bits per heavy atom. The largest absolute Gasteiger partial charge is 0.368 e. The summed E-state index contributed by atoms with van der Waals surface area (Å²) in [6, 6.07) is 26.0. The Morgan fingerprint density at radius 3 is 2.22 bits per heavy atom. The summed E-state index contributed by atoms with van der Waals surface area (Å²) >= 11 is 12.4. The third kappa shape index (κ3) is 5.66. The number of halogens is 2. The van der Waals surface area contributed by atoms with E-state index in [1.165, 1.54) is 5.56 Å². The first-order chi connectivity index (χ1) is 17.6. The van der Waals surface area contributed by atoms with Gasteiger partial charge in [0, 0.05) is 50.2 Å². The molecule has 1 saturated heterocycles. The standard InChI is InChI=1S/C28H27Cl2N5O/c29-24-7-4-8-25(30)27(24)31-28(36)34-19-17-33(18-20-34)23-11-9-22(10-12-23)26-14-16-35(32-26)15-13-21-5-2-1-3-6-21/h1-12,14,16H,13,15,17-20H2,(H,31,36). The van der Waals surface area contributed by atoms with Crippen LogP contribution < -0.4 is 10.2 Å². The van der Waals surface area contributed by atoms with Crippen molar-refractivity contribution in [3.05, 3.63) is 101 Å². The van der Waals surface area contributed by atoms with Gasteiger partial charge in [-0.1, -0.05) is 71.7 Å². The molecule has 0 atom stereocenters. The molecule has 8 heteroatoms. The van der Waals surface area contributed by atoms with E-state index in [4.69, 9.17) is 28.3 Å². The van der Waals surface area contributed by atoms with E-state index in [9.17, 15) is 4.79 Å². The number of piperazine rings is 1. The number of amides is 2. The molecule has 2 heterocycles. The zero-order chi connectivity index (χ0) is 24.9. The first kappa shape index (κ1) is 24.2. The summed E-state index contributed by atoms with van der Waals surface area (Å²) in [7, 11) is 0. The van der Waals surface area contributed by atoms with Crippen LogP contribution in [-0.4, -0.2) is 46.9 Å². The fraction of sp³-hybridized carbons (Fsp3) is 0.214. The molecule has 0 aliphatic carbocycles. The second-order valence-electron chi connectivity index (χ2n) is 8.75. The summed E-state index contributed by atoms with van der Waals surface area (Å²) in [5.74, 6) is 0. The highest BCUT2D eigenvalue weighted by Crippen LogP contribution is 2.30. The number of para-hydroxylation sites is 1. The van der Waals surface area contributed by atoms with E-state index in [1.807, 2.05) is 16.9 Å². The van der Waals surface area contributed by atoms with Gasteiger partial charge in [0.15, 0.2) is 0 Å². The second kappa shape index (κ2) is 11.1. The van der Waals surface area contributed by atoms with E-state index in [-0.39, 0.29) is 6.03 Å². The van der Waals surface area contributed by atoms with Crippen molar-refractivity contribution < 1.29 is 4.79 Å². The molecule has 4 aromatic rings. The molecule has 3 aromatic carbocycles. The molecule has 1 N–H and O–H groups in total. The number of hydrogen-bond acceptors (Lipinski definition) is 3. The summed E-state index contributed by atoms with van der Waals surface area (Å²) < 4.78 is 2.00. The number of aryl methyl sites for hydroxylation is 2. The number of nitrogens with one attached hydrogen (secondary N) is 1. The van der Waals surface area contributed by atoms with Gasteiger partial charge in [0.1, 0.15) is 0 Å². The SMILES string of the molecule is O=C(Nc1c(Cl)cccc1Cl)N1CCN(c2ccc(-c3ccn(CCc4ccccc4)n3)cc2)CC1. The molecule has 0 radical (unpaired) electrons. The number of aromatic nitrogens is 2. The highest BCUT2D eigenvalue weighted by atomic mass is 35.5. The van der Waals surface area contributed by atoms with Crippen LogP contribution in [0, 0.1) is 0 Å². The Bertz CT molecular complexity index is 1300. The van der Waals surface area contributed by atoms with E-state index in [0.29, 0.717) is 28.8 Å². The van der Waals surface area contributed by atoms with Gasteiger partial charge in [0.05, 0.1) is 21.4 Å². The van der Waals surface area contributed by atoms with Gasteiger partial charge in [0.2, 0.25) is 0 Å². The number of carbonyl (C=O) groups excluding carboxylic acids is 1. The molecule has 1 aromatic heterocycles. The van der Waals surface area contributed by atoms with Crippen molar-refractivity contribution in [1.29, 1.82) is 0 Å². The van der Waals surface area contributed by atoms with Gasteiger partial charge in [-0.15, -0.1) is 0 Å². The molecule has 1 fully saturated rings. The molecule has 6 nitrogen and oxygen atoms in total. The summed E-state index contributed by atoms with van der Waals surface area (Å²) in [6.45, 7) is 3.57. The van der Waals surface area contributed by atoms with Crippen LogP contribution in [0.2, 0.25) is 10.0 Å². The van der Waals surface area contributed by atoms with Crippen LogP contribution in [-0.2, 0) is 13.0 Å². The van der Waals surface area contributed by atoms with Crippen LogP contribution in [0.1, 0.15) is 5.56 Å². The molecule has 184 valence electrons. The van der Waals surface area contributed by atoms with Crippen molar-refractivity contribution in [1.82, 2.24) is 14.7 Å². The van der Waals surface area contributed by atoms with Crippen LogP contribution >= 0.6 is 23.2 Å². The number of urea groups is 1. The highest BCUT2D eigenvalue weighted by molar-refractivity contribution is 6.39. The molecule has 1 aliphatic rings. The van der Waals surface area contributed by atoms with Gasteiger partial charge >= 0.3 is 6.03 Å². The molecule has 0 saturated carbocycles. The minimum Gasteiger partial charge on any atom is -0.368 e. The summed E-state index contributed by atoms with van der Waals surface area (Å²) in [6.07, 6.45) is 2.99. The van der Waals surface area contributed by atoms with E-state index in [2.05, 4.69) is 64.8 Å². The highest BCUT2D eigenvalue weighted by Gasteiger charge is 2.22. The lowest BCUT2D eigenvalue weighted by Crippen LogP contribution is -2.50. The molecular weight excluding hydrogens is 493 g/mol. The average Bonchev–Trinajstić information content (AvgIpc) is 3.39. The molecule has 0 unspecified atom stereocenters. The monoisotopic (exact) mass is 519 g/mol. The number of benzene rings is 3. The second-order valence-corrected chi connectivity index (χ2v) is 9.56. The lowest BCUT2D eigenvalue weighted by molar-refractivity contribution is 0.208. The molecule has 5 rings (SSSR count). The molecule has 2 amide bonds. The maximum Gasteiger partial charge on any atom is 0.322 e. The van der Waals surface area contributed by atoms with Gasteiger partial charge in [-0.2, -0.15) is 5.10 Å². The van der Waals surface area contributed by atoms with Crippen LogP contribution in [0.3, 0.4) is 0 Å². The van der Waals surface area contributed by atoms with Crippen molar-refractivity contribution in [3.8, 4) is 11.3 Å².